The van der Waals surface area contributed by atoms with Gasteiger partial charge in [-0.2, -0.15) is 0 Å². The highest BCUT2D eigenvalue weighted by Gasteiger charge is 2.31. The lowest BCUT2D eigenvalue weighted by atomic mass is 10.1. The number of nitrogens with one attached hydrogen (secondary N) is 1. The van der Waals surface area contributed by atoms with E-state index in [1.165, 1.54) is 62.8 Å². The molecule has 0 saturated carbocycles. The first kappa shape index (κ1) is 24.2. The molecule has 1 heterocycles. The standard InChI is InChI=1S/C25H21FN2O5S2/c1-32-18-9-3-15(4-10-18)22(29)23-21(27)24(25(34-23)28-17-7-5-16(26)6-8-17)35(30,31)20-13-11-19(33-2)12-14-20/h3-14,28H,27H2,1-2H3. The molecule has 3 aromatic carbocycles. The van der Waals surface area contributed by atoms with E-state index in [0.29, 0.717) is 22.7 Å². The van der Waals surface area contributed by atoms with Gasteiger partial charge in [0.15, 0.2) is 0 Å². The molecule has 4 aromatic rings. The smallest absolute Gasteiger partial charge is 0.211 e. The molecule has 3 N–H and O–H groups in total. The number of carbonyl (C=O) groups excluding carboxylic acids is 1. The van der Waals surface area contributed by atoms with Gasteiger partial charge in [0, 0.05) is 11.3 Å². The quantitative estimate of drug-likeness (QED) is 0.309. The fraction of sp³-hybridized carbons (Fsp3) is 0.0800. The van der Waals surface area contributed by atoms with Crippen LogP contribution in [0.4, 0.5) is 20.8 Å². The molecule has 4 rings (SSSR count). The molecule has 0 fully saturated rings. The molecule has 0 aliphatic carbocycles. The third kappa shape index (κ3) is 4.84. The van der Waals surface area contributed by atoms with Crippen LogP contribution in [-0.2, 0) is 9.84 Å². The molecular formula is C25H21FN2O5S2. The van der Waals surface area contributed by atoms with Crippen molar-refractivity contribution in [2.24, 2.45) is 0 Å². The summed E-state index contributed by atoms with van der Waals surface area (Å²) in [5, 5.41) is 3.12. The maximum atomic E-state index is 13.6. The lowest BCUT2D eigenvalue weighted by Crippen LogP contribution is -2.08. The Hall–Kier alpha value is -3.89. The number of methoxy groups -OCH3 is 2. The second-order valence-corrected chi connectivity index (χ2v) is 10.3. The van der Waals surface area contributed by atoms with Crippen molar-refractivity contribution in [3.05, 3.63) is 89.1 Å². The van der Waals surface area contributed by atoms with Crippen molar-refractivity contribution in [1.82, 2.24) is 0 Å². The van der Waals surface area contributed by atoms with Gasteiger partial charge < -0.3 is 20.5 Å². The Bertz CT molecular complexity index is 1460. The first-order valence-electron chi connectivity index (χ1n) is 10.3. The van der Waals surface area contributed by atoms with Gasteiger partial charge in [0.2, 0.25) is 15.6 Å². The molecule has 0 atom stereocenters. The number of ether oxygens (including phenoxy) is 2. The third-order valence-electron chi connectivity index (χ3n) is 5.20. The van der Waals surface area contributed by atoms with Crippen molar-refractivity contribution in [2.45, 2.75) is 9.79 Å². The highest BCUT2D eigenvalue weighted by atomic mass is 32.2. The van der Waals surface area contributed by atoms with Crippen LogP contribution in [0.2, 0.25) is 0 Å². The van der Waals surface area contributed by atoms with E-state index in [1.807, 2.05) is 0 Å². The van der Waals surface area contributed by atoms with Gasteiger partial charge in [0.1, 0.15) is 32.1 Å². The number of anilines is 3. The Morgan fingerprint density at radius 3 is 1.97 bits per heavy atom. The molecule has 35 heavy (non-hydrogen) atoms. The summed E-state index contributed by atoms with van der Waals surface area (Å²) in [4.78, 5) is 13.1. The van der Waals surface area contributed by atoms with E-state index in [4.69, 9.17) is 15.2 Å². The molecule has 0 aliphatic heterocycles. The molecule has 180 valence electrons. The second-order valence-electron chi connectivity index (χ2n) is 7.37. The molecule has 7 nitrogen and oxygen atoms in total. The summed E-state index contributed by atoms with van der Waals surface area (Å²) in [6, 6.07) is 17.6. The minimum Gasteiger partial charge on any atom is -0.497 e. The van der Waals surface area contributed by atoms with Crippen molar-refractivity contribution >= 4 is 43.3 Å². The number of benzene rings is 3. The molecule has 0 unspecified atom stereocenters. The minimum atomic E-state index is -4.14. The van der Waals surface area contributed by atoms with E-state index in [2.05, 4.69) is 5.32 Å². The zero-order chi connectivity index (χ0) is 25.2. The van der Waals surface area contributed by atoms with E-state index in [0.717, 1.165) is 11.3 Å². The zero-order valence-corrected chi connectivity index (χ0v) is 20.4. The summed E-state index contributed by atoms with van der Waals surface area (Å²) >= 11 is 0.913. The van der Waals surface area contributed by atoms with Gasteiger partial charge in [-0.15, -0.1) is 11.3 Å². The summed E-state index contributed by atoms with van der Waals surface area (Å²) < 4.78 is 50.9. The molecule has 0 radical (unpaired) electrons. The molecule has 0 spiro atoms. The van der Waals surface area contributed by atoms with Crippen LogP contribution in [0.1, 0.15) is 15.2 Å². The van der Waals surface area contributed by atoms with Crippen LogP contribution in [0.3, 0.4) is 0 Å². The predicted molar refractivity (Wildman–Crippen MR) is 133 cm³/mol. The molecule has 0 amide bonds. The first-order chi connectivity index (χ1) is 16.7. The fourth-order valence-corrected chi connectivity index (χ4v) is 6.29. The number of hydrogen-bond acceptors (Lipinski definition) is 8. The Morgan fingerprint density at radius 2 is 1.43 bits per heavy atom. The number of carbonyl (C=O) groups is 1. The minimum absolute atomic E-state index is 0.0200. The van der Waals surface area contributed by atoms with E-state index >= 15 is 0 Å². The average Bonchev–Trinajstić information content (AvgIpc) is 3.21. The molecule has 1 aromatic heterocycles. The SMILES string of the molecule is COc1ccc(C(=O)c2sc(Nc3ccc(F)cc3)c(S(=O)(=O)c3ccc(OC)cc3)c2N)cc1. The summed E-state index contributed by atoms with van der Waals surface area (Å²) in [6.07, 6.45) is 0. The van der Waals surface area contributed by atoms with Crippen LogP contribution >= 0.6 is 11.3 Å². The largest absolute Gasteiger partial charge is 0.497 e. The van der Waals surface area contributed by atoms with E-state index in [9.17, 15) is 17.6 Å². The zero-order valence-electron chi connectivity index (χ0n) is 18.7. The molecule has 0 aliphatic rings. The van der Waals surface area contributed by atoms with Crippen LogP contribution in [0, 0.1) is 5.82 Å². The molecular weight excluding hydrogens is 491 g/mol. The van der Waals surface area contributed by atoms with Gasteiger partial charge in [-0.05, 0) is 72.8 Å². The molecule has 10 heteroatoms. The van der Waals surface area contributed by atoms with E-state index in [-0.39, 0.29) is 25.4 Å². The normalized spacial score (nSPS) is 11.2. The molecule has 0 bridgehead atoms. The van der Waals surface area contributed by atoms with Crippen LogP contribution < -0.4 is 20.5 Å². The Balaban J connectivity index is 1.84. The average molecular weight is 513 g/mol. The summed E-state index contributed by atoms with van der Waals surface area (Å²) in [5.41, 5.74) is 6.90. The Labute approximate surface area is 205 Å². The number of sulfone groups is 1. The number of nitrogens with two attached hydrogens (primary N) is 1. The van der Waals surface area contributed by atoms with Crippen molar-refractivity contribution in [3.63, 3.8) is 0 Å². The van der Waals surface area contributed by atoms with Crippen LogP contribution in [-0.4, -0.2) is 28.4 Å². The predicted octanol–water partition coefficient (Wildman–Crippen LogP) is 5.29. The van der Waals surface area contributed by atoms with Gasteiger partial charge in [-0.1, -0.05) is 0 Å². The first-order valence-corrected chi connectivity index (χ1v) is 12.6. The lowest BCUT2D eigenvalue weighted by molar-refractivity contribution is 0.104. The number of ketones is 1. The lowest BCUT2D eigenvalue weighted by Gasteiger charge is -2.10. The van der Waals surface area contributed by atoms with E-state index < -0.39 is 21.4 Å². The highest BCUT2D eigenvalue weighted by Crippen LogP contribution is 2.44. The van der Waals surface area contributed by atoms with Crippen molar-refractivity contribution in [3.8, 4) is 11.5 Å². The highest BCUT2D eigenvalue weighted by molar-refractivity contribution is 7.92. The number of thiophene rings is 1. The fourth-order valence-electron chi connectivity index (χ4n) is 3.36. The Morgan fingerprint density at radius 1 is 0.886 bits per heavy atom. The van der Waals surface area contributed by atoms with Gasteiger partial charge in [0.05, 0.1) is 24.8 Å². The maximum absolute atomic E-state index is 13.6. The topological polar surface area (TPSA) is 108 Å². The van der Waals surface area contributed by atoms with Crippen LogP contribution in [0.15, 0.2) is 82.6 Å². The van der Waals surface area contributed by atoms with Crippen molar-refractivity contribution < 1.29 is 27.1 Å². The van der Waals surface area contributed by atoms with Crippen molar-refractivity contribution in [2.75, 3.05) is 25.3 Å². The maximum Gasteiger partial charge on any atom is 0.211 e. The van der Waals surface area contributed by atoms with Crippen LogP contribution in [0.5, 0.6) is 11.5 Å². The Kier molecular flexibility index (Phi) is 6.77. The number of halogens is 1. The monoisotopic (exact) mass is 512 g/mol. The number of rotatable bonds is 8. The summed E-state index contributed by atoms with van der Waals surface area (Å²) in [7, 11) is -1.15. The van der Waals surface area contributed by atoms with E-state index in [1.54, 1.807) is 24.3 Å². The summed E-state index contributed by atoms with van der Waals surface area (Å²) in [6.45, 7) is 0. The van der Waals surface area contributed by atoms with Crippen molar-refractivity contribution in [1.29, 1.82) is 0 Å². The second kappa shape index (κ2) is 9.77. The number of hydrogen-bond donors (Lipinski definition) is 2. The van der Waals surface area contributed by atoms with Gasteiger partial charge in [-0.3, -0.25) is 4.79 Å². The van der Waals surface area contributed by atoms with Gasteiger partial charge >= 0.3 is 0 Å². The van der Waals surface area contributed by atoms with Gasteiger partial charge in [0.25, 0.3) is 0 Å². The summed E-state index contributed by atoms with van der Waals surface area (Å²) in [5.74, 6) is 0.181. The molecule has 0 saturated heterocycles. The third-order valence-corrected chi connectivity index (χ3v) is 8.30. The van der Waals surface area contributed by atoms with Gasteiger partial charge in [-0.25, -0.2) is 12.8 Å². The number of nitrogen functional groups attached to an aromatic ring is 1. The van der Waals surface area contributed by atoms with Crippen LogP contribution in [0.25, 0.3) is 0 Å².